The van der Waals surface area contributed by atoms with Crippen molar-refractivity contribution in [3.8, 4) is 5.75 Å². The molecule has 0 fully saturated rings. The standard InChI is InChI=1S/C8H11NO3/c1-6-5-7(9(10)11)3-4-8(6)12-2/h3-5,10-11H,1-2H3. The zero-order chi connectivity index (χ0) is 9.14. The molecule has 1 rings (SSSR count). The van der Waals surface area contributed by atoms with Crippen molar-refractivity contribution in [2.24, 2.45) is 0 Å². The number of benzene rings is 1. The van der Waals surface area contributed by atoms with Crippen LogP contribution in [0.3, 0.4) is 0 Å². The van der Waals surface area contributed by atoms with Crippen molar-refractivity contribution in [2.75, 3.05) is 12.3 Å². The molecule has 4 heteroatoms. The van der Waals surface area contributed by atoms with Crippen LogP contribution in [-0.2, 0) is 0 Å². The van der Waals surface area contributed by atoms with Crippen LogP contribution in [0.1, 0.15) is 5.56 Å². The number of methoxy groups -OCH3 is 1. The molecule has 0 aromatic heterocycles. The van der Waals surface area contributed by atoms with Crippen LogP contribution in [0.15, 0.2) is 18.2 Å². The molecule has 0 aliphatic carbocycles. The summed E-state index contributed by atoms with van der Waals surface area (Å²) in [5, 5.41) is 17.4. The second kappa shape index (κ2) is 3.42. The molecule has 0 radical (unpaired) electrons. The third-order valence-electron chi connectivity index (χ3n) is 1.61. The maximum atomic E-state index is 8.66. The van der Waals surface area contributed by atoms with E-state index in [0.717, 1.165) is 11.3 Å². The van der Waals surface area contributed by atoms with E-state index in [0.29, 0.717) is 5.69 Å². The second-order valence-electron chi connectivity index (χ2n) is 2.44. The Balaban J connectivity index is 3.02. The molecule has 12 heavy (non-hydrogen) atoms. The van der Waals surface area contributed by atoms with Gasteiger partial charge < -0.3 is 4.74 Å². The molecule has 0 amide bonds. The molecule has 0 heterocycles. The fourth-order valence-corrected chi connectivity index (χ4v) is 0.987. The lowest BCUT2D eigenvalue weighted by Gasteiger charge is -2.10. The molecule has 4 nitrogen and oxygen atoms in total. The minimum atomic E-state index is 0.0758. The summed E-state index contributed by atoms with van der Waals surface area (Å²) in [5.41, 5.74) is 1.16. The van der Waals surface area contributed by atoms with Crippen molar-refractivity contribution >= 4 is 5.69 Å². The molecule has 0 saturated carbocycles. The molecule has 0 unspecified atom stereocenters. The van der Waals surface area contributed by atoms with Gasteiger partial charge in [0.25, 0.3) is 0 Å². The molecule has 1 aromatic rings. The van der Waals surface area contributed by atoms with Crippen LogP contribution in [0.2, 0.25) is 0 Å². The maximum absolute atomic E-state index is 8.66. The molecule has 1 aromatic carbocycles. The zero-order valence-corrected chi connectivity index (χ0v) is 6.98. The first kappa shape index (κ1) is 8.83. The fraction of sp³-hybridized carbons (Fsp3) is 0.250. The first-order valence-corrected chi connectivity index (χ1v) is 3.47. The molecule has 0 bridgehead atoms. The Morgan fingerprint density at radius 2 is 2.00 bits per heavy atom. The number of aryl methyl sites for hydroxylation is 1. The van der Waals surface area contributed by atoms with E-state index < -0.39 is 0 Å². The lowest BCUT2D eigenvalue weighted by Crippen LogP contribution is -2.10. The summed E-state index contributed by atoms with van der Waals surface area (Å²) in [4.78, 5) is 0. The van der Waals surface area contributed by atoms with Crippen LogP contribution in [0.4, 0.5) is 5.69 Å². The van der Waals surface area contributed by atoms with E-state index in [1.54, 1.807) is 25.3 Å². The third-order valence-corrected chi connectivity index (χ3v) is 1.61. The minimum Gasteiger partial charge on any atom is -0.496 e. The van der Waals surface area contributed by atoms with Crippen LogP contribution < -0.4 is 9.96 Å². The zero-order valence-electron chi connectivity index (χ0n) is 6.98. The molecule has 66 valence electrons. The Bertz CT molecular complexity index is 273. The highest BCUT2D eigenvalue weighted by atomic mass is 16.8. The molecule has 0 saturated heterocycles. The SMILES string of the molecule is COc1ccc(N(O)O)cc1C. The number of nitrogens with zero attached hydrogens (tertiary/aromatic N) is 1. The first-order chi connectivity index (χ1) is 5.65. The summed E-state index contributed by atoms with van der Waals surface area (Å²) in [5.74, 6) is 0.723. The third kappa shape index (κ3) is 1.66. The number of anilines is 1. The largest absolute Gasteiger partial charge is 0.496 e. The molecular weight excluding hydrogens is 158 g/mol. The van der Waals surface area contributed by atoms with Crippen LogP contribution in [-0.4, -0.2) is 17.5 Å². The van der Waals surface area contributed by atoms with Gasteiger partial charge in [-0.25, -0.2) is 0 Å². The van der Waals surface area contributed by atoms with Crippen LogP contribution in [0.5, 0.6) is 5.75 Å². The van der Waals surface area contributed by atoms with Crippen molar-refractivity contribution in [1.29, 1.82) is 0 Å². The first-order valence-electron chi connectivity index (χ1n) is 3.47. The monoisotopic (exact) mass is 169 g/mol. The van der Waals surface area contributed by atoms with Gasteiger partial charge in [-0.3, -0.25) is 10.4 Å². The smallest absolute Gasteiger partial charge is 0.121 e. The fourth-order valence-electron chi connectivity index (χ4n) is 0.987. The average Bonchev–Trinajstić information content (AvgIpc) is 2.04. The molecule has 0 atom stereocenters. The number of hydrogen-bond acceptors (Lipinski definition) is 4. The van der Waals surface area contributed by atoms with Gasteiger partial charge in [0.1, 0.15) is 5.75 Å². The molecule has 2 N–H and O–H groups in total. The van der Waals surface area contributed by atoms with Crippen molar-refractivity contribution in [1.82, 2.24) is 0 Å². The number of hydrogen-bond donors (Lipinski definition) is 2. The molecular formula is C8H11NO3. The van der Waals surface area contributed by atoms with Crippen LogP contribution in [0, 0.1) is 6.92 Å². The lowest BCUT2D eigenvalue weighted by molar-refractivity contribution is 0.0291. The number of ether oxygens (including phenoxy) is 1. The van der Waals surface area contributed by atoms with Crippen LogP contribution >= 0.6 is 0 Å². The predicted molar refractivity (Wildman–Crippen MR) is 43.8 cm³/mol. The van der Waals surface area contributed by atoms with Crippen LogP contribution in [0.25, 0.3) is 0 Å². The Morgan fingerprint density at radius 1 is 1.33 bits per heavy atom. The lowest BCUT2D eigenvalue weighted by atomic mass is 10.2. The molecule has 0 aliphatic rings. The summed E-state index contributed by atoms with van der Waals surface area (Å²) in [7, 11) is 1.57. The highest BCUT2D eigenvalue weighted by molar-refractivity contribution is 5.49. The second-order valence-corrected chi connectivity index (χ2v) is 2.44. The van der Waals surface area contributed by atoms with Crippen molar-refractivity contribution < 1.29 is 15.2 Å². The summed E-state index contributed by atoms with van der Waals surface area (Å²) in [6.45, 7) is 1.83. The predicted octanol–water partition coefficient (Wildman–Crippen LogP) is 1.59. The van der Waals surface area contributed by atoms with Gasteiger partial charge in [-0.05, 0) is 30.7 Å². The van der Waals surface area contributed by atoms with Crippen molar-refractivity contribution in [2.45, 2.75) is 6.92 Å². The summed E-state index contributed by atoms with van der Waals surface area (Å²) in [6, 6.07) is 4.83. The van der Waals surface area contributed by atoms with Crippen molar-refractivity contribution in [3.63, 3.8) is 0 Å². The van der Waals surface area contributed by atoms with Gasteiger partial charge in [0.05, 0.1) is 12.8 Å². The van der Waals surface area contributed by atoms with Gasteiger partial charge in [0.2, 0.25) is 0 Å². The Kier molecular flexibility index (Phi) is 2.52. The Labute approximate surface area is 70.5 Å². The van der Waals surface area contributed by atoms with E-state index >= 15 is 0 Å². The van der Waals surface area contributed by atoms with E-state index in [1.807, 2.05) is 6.92 Å². The van der Waals surface area contributed by atoms with Gasteiger partial charge >= 0.3 is 0 Å². The summed E-state index contributed by atoms with van der Waals surface area (Å²) in [6.07, 6.45) is 0. The van der Waals surface area contributed by atoms with E-state index in [9.17, 15) is 0 Å². The average molecular weight is 169 g/mol. The highest BCUT2D eigenvalue weighted by Crippen LogP contribution is 2.22. The van der Waals surface area contributed by atoms with E-state index in [2.05, 4.69) is 0 Å². The maximum Gasteiger partial charge on any atom is 0.121 e. The van der Waals surface area contributed by atoms with Gasteiger partial charge in [-0.1, -0.05) is 0 Å². The molecule has 0 spiro atoms. The topological polar surface area (TPSA) is 52.9 Å². The minimum absolute atomic E-state index is 0.0758. The van der Waals surface area contributed by atoms with E-state index in [1.165, 1.54) is 0 Å². The van der Waals surface area contributed by atoms with Crippen molar-refractivity contribution in [3.05, 3.63) is 23.8 Å². The Hall–Kier alpha value is -1.26. The Morgan fingerprint density at radius 3 is 2.42 bits per heavy atom. The van der Waals surface area contributed by atoms with Gasteiger partial charge in [-0.2, -0.15) is 0 Å². The van der Waals surface area contributed by atoms with E-state index in [-0.39, 0.29) is 5.23 Å². The van der Waals surface area contributed by atoms with Gasteiger partial charge in [0, 0.05) is 0 Å². The molecule has 0 aliphatic heterocycles. The van der Waals surface area contributed by atoms with Gasteiger partial charge in [-0.15, -0.1) is 5.23 Å². The van der Waals surface area contributed by atoms with E-state index in [4.69, 9.17) is 15.2 Å². The summed E-state index contributed by atoms with van der Waals surface area (Å²) >= 11 is 0. The summed E-state index contributed by atoms with van der Waals surface area (Å²) < 4.78 is 5.00. The van der Waals surface area contributed by atoms with Gasteiger partial charge in [0.15, 0.2) is 0 Å². The quantitative estimate of drug-likeness (QED) is 0.660. The normalized spacial score (nSPS) is 9.67. The highest BCUT2D eigenvalue weighted by Gasteiger charge is 2.02. The number of rotatable bonds is 2.